The molecule has 0 aliphatic carbocycles. The van der Waals surface area contributed by atoms with Crippen molar-refractivity contribution in [3.63, 3.8) is 0 Å². The zero-order chi connectivity index (χ0) is 22.2. The third kappa shape index (κ3) is 5.35. The van der Waals surface area contributed by atoms with Gasteiger partial charge in [0, 0.05) is 19.5 Å². The Morgan fingerprint density at radius 3 is 2.55 bits per heavy atom. The molecule has 166 valence electrons. The van der Waals surface area contributed by atoms with E-state index in [1.54, 1.807) is 14.2 Å². The standard InChI is InChI=1S/C24H32N4O3/c1-5-27(6-2)16-17-28-20-12-8-7-11-19(20)25-24(28)26-22(29)15-14-18-10-9-13-21(30-3)23(18)31-4/h7-13H,5-6,14-17H2,1-4H3,(H,25,26,29). The van der Waals surface area contributed by atoms with Gasteiger partial charge in [0.2, 0.25) is 11.9 Å². The van der Waals surface area contributed by atoms with E-state index >= 15 is 0 Å². The third-order valence-corrected chi connectivity index (χ3v) is 5.55. The van der Waals surface area contributed by atoms with Crippen LogP contribution in [0.2, 0.25) is 0 Å². The normalized spacial score (nSPS) is 11.1. The number of methoxy groups -OCH3 is 2. The number of anilines is 1. The van der Waals surface area contributed by atoms with Crippen LogP contribution in [0.5, 0.6) is 11.5 Å². The lowest BCUT2D eigenvalue weighted by Gasteiger charge is -2.19. The second-order valence-corrected chi connectivity index (χ2v) is 7.30. The highest BCUT2D eigenvalue weighted by molar-refractivity contribution is 5.91. The minimum atomic E-state index is -0.0794. The molecule has 0 fully saturated rings. The van der Waals surface area contributed by atoms with Crippen LogP contribution in [-0.4, -0.2) is 54.2 Å². The summed E-state index contributed by atoms with van der Waals surface area (Å²) in [5.74, 6) is 1.85. The summed E-state index contributed by atoms with van der Waals surface area (Å²) in [5.41, 5.74) is 2.85. The molecular weight excluding hydrogens is 392 g/mol. The van der Waals surface area contributed by atoms with Gasteiger partial charge in [0.05, 0.1) is 25.3 Å². The minimum Gasteiger partial charge on any atom is -0.493 e. The van der Waals surface area contributed by atoms with Crippen molar-refractivity contribution in [3.05, 3.63) is 48.0 Å². The number of hydrogen-bond donors (Lipinski definition) is 1. The molecule has 7 nitrogen and oxygen atoms in total. The maximum absolute atomic E-state index is 12.8. The monoisotopic (exact) mass is 424 g/mol. The van der Waals surface area contributed by atoms with Gasteiger partial charge in [-0.3, -0.25) is 10.1 Å². The Labute approximate surface area is 184 Å². The number of nitrogens with zero attached hydrogens (tertiary/aromatic N) is 3. The van der Waals surface area contributed by atoms with E-state index in [0.717, 1.165) is 42.8 Å². The lowest BCUT2D eigenvalue weighted by Crippen LogP contribution is -2.27. The van der Waals surface area contributed by atoms with E-state index in [1.807, 2.05) is 42.5 Å². The summed E-state index contributed by atoms with van der Waals surface area (Å²) in [5, 5.41) is 3.02. The van der Waals surface area contributed by atoms with Crippen LogP contribution in [0.1, 0.15) is 25.8 Å². The molecule has 0 saturated heterocycles. The largest absolute Gasteiger partial charge is 0.493 e. The molecule has 7 heteroatoms. The molecule has 31 heavy (non-hydrogen) atoms. The Bertz CT molecular complexity index is 1010. The van der Waals surface area contributed by atoms with E-state index < -0.39 is 0 Å². The van der Waals surface area contributed by atoms with Gasteiger partial charge in [0.1, 0.15) is 0 Å². The average Bonchev–Trinajstić information content (AvgIpc) is 3.14. The van der Waals surface area contributed by atoms with Crippen molar-refractivity contribution in [3.8, 4) is 11.5 Å². The number of rotatable bonds is 11. The first-order valence-electron chi connectivity index (χ1n) is 10.8. The van der Waals surface area contributed by atoms with Crippen LogP contribution >= 0.6 is 0 Å². The molecule has 3 aromatic rings. The van der Waals surface area contributed by atoms with E-state index in [2.05, 4.69) is 33.6 Å². The number of para-hydroxylation sites is 3. The molecule has 2 aromatic carbocycles. The molecule has 0 aliphatic rings. The van der Waals surface area contributed by atoms with Crippen molar-refractivity contribution in [2.24, 2.45) is 0 Å². The van der Waals surface area contributed by atoms with Gasteiger partial charge < -0.3 is 18.9 Å². The van der Waals surface area contributed by atoms with Crippen LogP contribution < -0.4 is 14.8 Å². The number of aryl methyl sites for hydroxylation is 1. The summed E-state index contributed by atoms with van der Waals surface area (Å²) in [6.07, 6.45) is 0.870. The second kappa shape index (κ2) is 10.8. The first-order chi connectivity index (χ1) is 15.1. The Kier molecular flexibility index (Phi) is 7.89. The fraction of sp³-hybridized carbons (Fsp3) is 0.417. The van der Waals surface area contributed by atoms with Gasteiger partial charge in [0.25, 0.3) is 0 Å². The van der Waals surface area contributed by atoms with Gasteiger partial charge in [-0.05, 0) is 43.3 Å². The molecule has 3 rings (SSSR count). The lowest BCUT2D eigenvalue weighted by molar-refractivity contribution is -0.116. The smallest absolute Gasteiger partial charge is 0.227 e. The predicted octanol–water partition coefficient (Wildman–Crippen LogP) is 3.97. The van der Waals surface area contributed by atoms with Crippen molar-refractivity contribution in [2.75, 3.05) is 39.2 Å². The van der Waals surface area contributed by atoms with E-state index in [1.165, 1.54) is 0 Å². The molecular formula is C24H32N4O3. The molecule has 0 atom stereocenters. The number of amides is 1. The number of benzene rings is 2. The zero-order valence-electron chi connectivity index (χ0n) is 18.9. The SMILES string of the molecule is CCN(CC)CCn1c(NC(=O)CCc2cccc(OC)c2OC)nc2ccccc21. The van der Waals surface area contributed by atoms with Gasteiger partial charge in [-0.1, -0.05) is 38.1 Å². The topological polar surface area (TPSA) is 68.6 Å². The first kappa shape index (κ1) is 22.6. The number of aromatic nitrogens is 2. The first-order valence-corrected chi connectivity index (χ1v) is 10.8. The highest BCUT2D eigenvalue weighted by Gasteiger charge is 2.15. The molecule has 0 aliphatic heterocycles. The fourth-order valence-electron chi connectivity index (χ4n) is 3.76. The van der Waals surface area contributed by atoms with Gasteiger partial charge in [-0.2, -0.15) is 0 Å². The summed E-state index contributed by atoms with van der Waals surface area (Å²) in [4.78, 5) is 19.8. The Morgan fingerprint density at radius 2 is 1.84 bits per heavy atom. The molecule has 0 saturated carbocycles. The number of ether oxygens (including phenoxy) is 2. The third-order valence-electron chi connectivity index (χ3n) is 5.55. The molecule has 1 aromatic heterocycles. The summed E-state index contributed by atoms with van der Waals surface area (Å²) in [7, 11) is 3.22. The maximum Gasteiger partial charge on any atom is 0.227 e. The second-order valence-electron chi connectivity index (χ2n) is 7.30. The summed E-state index contributed by atoms with van der Waals surface area (Å²) >= 11 is 0. The number of likely N-dealkylation sites (N-methyl/N-ethyl adjacent to an activating group) is 1. The molecule has 1 heterocycles. The number of fused-ring (bicyclic) bond motifs is 1. The highest BCUT2D eigenvalue weighted by Crippen LogP contribution is 2.31. The van der Waals surface area contributed by atoms with E-state index in [0.29, 0.717) is 30.3 Å². The van der Waals surface area contributed by atoms with Crippen LogP contribution in [-0.2, 0) is 17.8 Å². The maximum atomic E-state index is 12.8. The Hall–Kier alpha value is -3.06. The number of nitrogens with one attached hydrogen (secondary N) is 1. The van der Waals surface area contributed by atoms with Crippen molar-refractivity contribution >= 4 is 22.9 Å². The van der Waals surface area contributed by atoms with Gasteiger partial charge in [-0.15, -0.1) is 0 Å². The summed E-state index contributed by atoms with van der Waals surface area (Å²) < 4.78 is 12.9. The average molecular weight is 425 g/mol. The molecule has 0 spiro atoms. The molecule has 0 radical (unpaired) electrons. The van der Waals surface area contributed by atoms with E-state index in [9.17, 15) is 4.79 Å². The van der Waals surface area contributed by atoms with Crippen molar-refractivity contribution in [2.45, 2.75) is 33.2 Å². The van der Waals surface area contributed by atoms with E-state index in [-0.39, 0.29) is 5.91 Å². The van der Waals surface area contributed by atoms with Gasteiger partial charge in [-0.25, -0.2) is 4.98 Å². The minimum absolute atomic E-state index is 0.0794. The van der Waals surface area contributed by atoms with Gasteiger partial charge in [0.15, 0.2) is 11.5 Å². The Morgan fingerprint density at radius 1 is 1.06 bits per heavy atom. The molecule has 0 bridgehead atoms. The highest BCUT2D eigenvalue weighted by atomic mass is 16.5. The lowest BCUT2D eigenvalue weighted by atomic mass is 10.1. The molecule has 1 N–H and O–H groups in total. The summed E-state index contributed by atoms with van der Waals surface area (Å²) in [6.45, 7) is 7.97. The molecule has 1 amide bonds. The van der Waals surface area contributed by atoms with Crippen molar-refractivity contribution < 1.29 is 14.3 Å². The van der Waals surface area contributed by atoms with Crippen LogP contribution in [0.4, 0.5) is 5.95 Å². The molecule has 0 unspecified atom stereocenters. The predicted molar refractivity (Wildman–Crippen MR) is 124 cm³/mol. The van der Waals surface area contributed by atoms with Crippen LogP contribution in [0.3, 0.4) is 0 Å². The summed E-state index contributed by atoms with van der Waals surface area (Å²) in [6, 6.07) is 13.7. The fourth-order valence-corrected chi connectivity index (χ4v) is 3.76. The van der Waals surface area contributed by atoms with Crippen LogP contribution in [0.25, 0.3) is 11.0 Å². The Balaban J connectivity index is 1.74. The van der Waals surface area contributed by atoms with Crippen LogP contribution in [0.15, 0.2) is 42.5 Å². The van der Waals surface area contributed by atoms with Gasteiger partial charge >= 0.3 is 0 Å². The number of carbonyl (C=O) groups is 1. The number of carbonyl (C=O) groups excluding carboxylic acids is 1. The van der Waals surface area contributed by atoms with E-state index in [4.69, 9.17) is 9.47 Å². The zero-order valence-corrected chi connectivity index (χ0v) is 18.9. The van der Waals surface area contributed by atoms with Crippen molar-refractivity contribution in [1.82, 2.24) is 14.5 Å². The van der Waals surface area contributed by atoms with Crippen molar-refractivity contribution in [1.29, 1.82) is 0 Å². The number of hydrogen-bond acceptors (Lipinski definition) is 5. The van der Waals surface area contributed by atoms with Crippen LogP contribution in [0, 0.1) is 0 Å². The quantitative estimate of drug-likeness (QED) is 0.504. The number of imidazole rings is 1.